The fourth-order valence-electron chi connectivity index (χ4n) is 1.25. The van der Waals surface area contributed by atoms with Crippen molar-refractivity contribution in [1.82, 2.24) is 10.6 Å². The van der Waals surface area contributed by atoms with Crippen molar-refractivity contribution in [1.29, 1.82) is 0 Å². The lowest BCUT2D eigenvalue weighted by atomic mass is 10.3. The molecular weight excluding hydrogens is 244 g/mol. The summed E-state index contributed by atoms with van der Waals surface area (Å²) in [7, 11) is 0. The van der Waals surface area contributed by atoms with Crippen LogP contribution in [0.15, 0.2) is 12.1 Å². The van der Waals surface area contributed by atoms with Crippen molar-refractivity contribution in [2.24, 2.45) is 0 Å². The van der Waals surface area contributed by atoms with E-state index in [0.717, 1.165) is 10.9 Å². The van der Waals surface area contributed by atoms with Crippen LogP contribution in [-0.4, -0.2) is 18.5 Å². The summed E-state index contributed by atoms with van der Waals surface area (Å²) < 4.78 is 0.800. The first kappa shape index (κ1) is 13.5. The fourth-order valence-corrected chi connectivity index (χ4v) is 2.31. The quantitative estimate of drug-likeness (QED) is 0.772. The zero-order chi connectivity index (χ0) is 12.0. The number of hydrogen-bond donors (Lipinski definition) is 2. The van der Waals surface area contributed by atoms with E-state index in [2.05, 4.69) is 10.6 Å². The zero-order valence-corrected chi connectivity index (χ0v) is 11.1. The number of nitrogens with one attached hydrogen (secondary N) is 2. The molecule has 0 aliphatic carbocycles. The second-order valence-electron chi connectivity index (χ2n) is 3.85. The molecule has 0 aromatic carbocycles. The van der Waals surface area contributed by atoms with E-state index in [1.54, 1.807) is 11.3 Å². The highest BCUT2D eigenvalue weighted by atomic mass is 35.5. The molecule has 16 heavy (non-hydrogen) atoms. The summed E-state index contributed by atoms with van der Waals surface area (Å²) >= 11 is 7.37. The first-order valence-electron chi connectivity index (χ1n) is 5.32. The van der Waals surface area contributed by atoms with Crippen LogP contribution in [0.4, 0.5) is 0 Å². The summed E-state index contributed by atoms with van der Waals surface area (Å²) in [6.45, 7) is 5.37. The topological polar surface area (TPSA) is 41.1 Å². The van der Waals surface area contributed by atoms with Gasteiger partial charge in [0.1, 0.15) is 0 Å². The monoisotopic (exact) mass is 260 g/mol. The number of hydrogen-bond acceptors (Lipinski definition) is 3. The summed E-state index contributed by atoms with van der Waals surface area (Å²) in [5, 5.41) is 6.06. The predicted octanol–water partition coefficient (Wildman–Crippen LogP) is 2.41. The lowest BCUT2D eigenvalue weighted by molar-refractivity contribution is -0.121. The van der Waals surface area contributed by atoms with E-state index in [0.29, 0.717) is 13.0 Å². The summed E-state index contributed by atoms with van der Waals surface area (Å²) in [5.41, 5.74) is 0. The molecule has 1 rings (SSSR count). The van der Waals surface area contributed by atoms with Gasteiger partial charge < -0.3 is 10.6 Å². The Balaban J connectivity index is 2.10. The van der Waals surface area contributed by atoms with Crippen molar-refractivity contribution in [2.75, 3.05) is 6.54 Å². The van der Waals surface area contributed by atoms with Gasteiger partial charge in [-0.15, -0.1) is 11.3 Å². The Labute approximate surface area is 105 Å². The third kappa shape index (κ3) is 5.49. The minimum atomic E-state index is 0.0895. The molecular formula is C11H17ClN2OS. The van der Waals surface area contributed by atoms with Gasteiger partial charge in [0.2, 0.25) is 5.91 Å². The van der Waals surface area contributed by atoms with E-state index in [1.807, 2.05) is 26.0 Å². The van der Waals surface area contributed by atoms with Gasteiger partial charge in [-0.3, -0.25) is 4.79 Å². The summed E-state index contributed by atoms with van der Waals surface area (Å²) in [4.78, 5) is 12.5. The molecule has 1 heterocycles. The molecule has 90 valence electrons. The van der Waals surface area contributed by atoms with Crippen molar-refractivity contribution in [2.45, 2.75) is 32.9 Å². The Hall–Kier alpha value is -0.580. The molecule has 0 aliphatic rings. The Morgan fingerprint density at radius 3 is 2.81 bits per heavy atom. The largest absolute Gasteiger partial charge is 0.354 e. The zero-order valence-electron chi connectivity index (χ0n) is 9.55. The van der Waals surface area contributed by atoms with Crippen LogP contribution in [-0.2, 0) is 11.3 Å². The van der Waals surface area contributed by atoms with Crippen LogP contribution >= 0.6 is 22.9 Å². The predicted molar refractivity (Wildman–Crippen MR) is 68.9 cm³/mol. The van der Waals surface area contributed by atoms with Crippen molar-refractivity contribution >= 4 is 28.8 Å². The van der Waals surface area contributed by atoms with Crippen molar-refractivity contribution in [3.63, 3.8) is 0 Å². The van der Waals surface area contributed by atoms with Crippen molar-refractivity contribution < 1.29 is 4.79 Å². The summed E-state index contributed by atoms with van der Waals surface area (Å²) in [6, 6.07) is 4.09. The first-order chi connectivity index (χ1) is 7.58. The van der Waals surface area contributed by atoms with Gasteiger partial charge in [0.05, 0.1) is 4.34 Å². The Kier molecular flexibility index (Phi) is 5.80. The maximum atomic E-state index is 11.3. The lowest BCUT2D eigenvalue weighted by Crippen LogP contribution is -2.32. The second-order valence-corrected chi connectivity index (χ2v) is 5.65. The van der Waals surface area contributed by atoms with E-state index < -0.39 is 0 Å². The highest BCUT2D eigenvalue weighted by Crippen LogP contribution is 2.20. The molecule has 5 heteroatoms. The fraction of sp³-hybridized carbons (Fsp3) is 0.545. The van der Waals surface area contributed by atoms with Crippen LogP contribution < -0.4 is 10.6 Å². The summed E-state index contributed by atoms with van der Waals surface area (Å²) in [6.07, 6.45) is 0.511. The van der Waals surface area contributed by atoms with E-state index in [1.165, 1.54) is 4.88 Å². The molecule has 0 radical (unpaired) electrons. The molecule has 1 aromatic heterocycles. The Bertz CT molecular complexity index is 338. The van der Waals surface area contributed by atoms with Gasteiger partial charge in [-0.1, -0.05) is 11.6 Å². The molecule has 1 aromatic rings. The molecule has 0 bridgehead atoms. The normalized spacial score (nSPS) is 10.8. The Morgan fingerprint density at radius 1 is 1.50 bits per heavy atom. The number of carbonyl (C=O) groups excluding carboxylic acids is 1. The van der Waals surface area contributed by atoms with Crippen LogP contribution in [0.25, 0.3) is 0 Å². The highest BCUT2D eigenvalue weighted by Gasteiger charge is 2.02. The van der Waals surface area contributed by atoms with Crippen LogP contribution in [0.2, 0.25) is 4.34 Å². The van der Waals surface area contributed by atoms with Gasteiger partial charge in [0, 0.05) is 30.4 Å². The van der Waals surface area contributed by atoms with E-state index >= 15 is 0 Å². The SMILES string of the molecule is CC(C)NC(=O)CCNCc1ccc(Cl)s1. The van der Waals surface area contributed by atoms with Gasteiger partial charge in [-0.2, -0.15) is 0 Å². The lowest BCUT2D eigenvalue weighted by Gasteiger charge is -2.08. The molecule has 0 aliphatic heterocycles. The summed E-state index contributed by atoms with van der Waals surface area (Å²) in [5.74, 6) is 0.0895. The molecule has 0 unspecified atom stereocenters. The van der Waals surface area contributed by atoms with Crippen LogP contribution in [0, 0.1) is 0 Å². The molecule has 0 saturated carbocycles. The number of rotatable bonds is 6. The molecule has 0 fully saturated rings. The van der Waals surface area contributed by atoms with Crippen LogP contribution in [0.1, 0.15) is 25.1 Å². The van der Waals surface area contributed by atoms with Crippen molar-refractivity contribution in [3.8, 4) is 0 Å². The molecule has 1 amide bonds. The average molecular weight is 261 g/mol. The highest BCUT2D eigenvalue weighted by molar-refractivity contribution is 7.16. The molecule has 3 nitrogen and oxygen atoms in total. The number of amides is 1. The minimum absolute atomic E-state index is 0.0895. The van der Waals surface area contributed by atoms with Gasteiger partial charge in [0.15, 0.2) is 0 Å². The van der Waals surface area contributed by atoms with E-state index in [4.69, 9.17) is 11.6 Å². The molecule has 0 spiro atoms. The molecule has 2 N–H and O–H groups in total. The van der Waals surface area contributed by atoms with E-state index in [9.17, 15) is 4.79 Å². The van der Waals surface area contributed by atoms with Gasteiger partial charge in [-0.05, 0) is 26.0 Å². The average Bonchev–Trinajstić information content (AvgIpc) is 2.58. The maximum absolute atomic E-state index is 11.3. The minimum Gasteiger partial charge on any atom is -0.354 e. The molecule has 0 saturated heterocycles. The van der Waals surface area contributed by atoms with Gasteiger partial charge in [-0.25, -0.2) is 0 Å². The smallest absolute Gasteiger partial charge is 0.221 e. The number of halogens is 1. The molecule has 0 atom stereocenters. The van der Waals surface area contributed by atoms with Gasteiger partial charge >= 0.3 is 0 Å². The van der Waals surface area contributed by atoms with Crippen LogP contribution in [0.5, 0.6) is 0 Å². The standard InChI is InChI=1S/C11H17ClN2OS/c1-8(2)14-11(15)5-6-13-7-9-3-4-10(12)16-9/h3-4,8,13H,5-7H2,1-2H3,(H,14,15). The Morgan fingerprint density at radius 2 is 2.25 bits per heavy atom. The maximum Gasteiger partial charge on any atom is 0.221 e. The van der Waals surface area contributed by atoms with Gasteiger partial charge in [0.25, 0.3) is 0 Å². The number of thiophene rings is 1. The first-order valence-corrected chi connectivity index (χ1v) is 6.51. The van der Waals surface area contributed by atoms with E-state index in [-0.39, 0.29) is 11.9 Å². The third-order valence-electron chi connectivity index (χ3n) is 1.91. The number of carbonyl (C=O) groups is 1. The van der Waals surface area contributed by atoms with Crippen LogP contribution in [0.3, 0.4) is 0 Å². The van der Waals surface area contributed by atoms with Crippen molar-refractivity contribution in [3.05, 3.63) is 21.3 Å². The second kappa shape index (κ2) is 6.89. The third-order valence-corrected chi connectivity index (χ3v) is 3.14.